The van der Waals surface area contributed by atoms with Gasteiger partial charge in [-0.15, -0.1) is 0 Å². The average Bonchev–Trinajstić information content (AvgIpc) is 3.19. The molecule has 2 amide bonds. The molecule has 0 aromatic rings. The molecule has 2 N–H and O–H groups in total. The SMILES string of the molecule is CCOC1CC(N)(C(=O)N2CCN(C(=O)CCC3CCCC3)CC2)C1(C)C. The van der Waals surface area contributed by atoms with E-state index in [4.69, 9.17) is 10.5 Å². The van der Waals surface area contributed by atoms with E-state index in [9.17, 15) is 9.59 Å². The summed E-state index contributed by atoms with van der Waals surface area (Å²) >= 11 is 0. The molecular weight excluding hydrogens is 342 g/mol. The van der Waals surface area contributed by atoms with Crippen LogP contribution in [-0.2, 0) is 14.3 Å². The summed E-state index contributed by atoms with van der Waals surface area (Å²) in [6, 6.07) is 0. The lowest BCUT2D eigenvalue weighted by molar-refractivity contribution is -0.180. The monoisotopic (exact) mass is 379 g/mol. The van der Waals surface area contributed by atoms with Crippen LogP contribution >= 0.6 is 0 Å². The molecule has 1 heterocycles. The van der Waals surface area contributed by atoms with Crippen molar-refractivity contribution in [3.05, 3.63) is 0 Å². The largest absolute Gasteiger partial charge is 0.378 e. The molecule has 6 heteroatoms. The summed E-state index contributed by atoms with van der Waals surface area (Å²) in [5, 5.41) is 0. The van der Waals surface area contributed by atoms with Gasteiger partial charge >= 0.3 is 0 Å². The molecule has 0 aromatic heterocycles. The van der Waals surface area contributed by atoms with Crippen LogP contribution in [0.5, 0.6) is 0 Å². The average molecular weight is 380 g/mol. The first kappa shape index (κ1) is 20.6. The van der Waals surface area contributed by atoms with E-state index in [1.54, 1.807) is 0 Å². The van der Waals surface area contributed by atoms with Crippen molar-refractivity contribution in [1.29, 1.82) is 0 Å². The minimum absolute atomic E-state index is 0.0153. The molecule has 2 unspecified atom stereocenters. The standard InChI is InChI=1S/C21H37N3O3/c1-4-27-17-15-21(22,20(17,2)3)19(26)24-13-11-23(12-14-24)18(25)10-9-16-7-5-6-8-16/h16-17H,4-15,22H2,1-3H3. The number of piperazine rings is 1. The quantitative estimate of drug-likeness (QED) is 0.767. The van der Waals surface area contributed by atoms with Crippen LogP contribution in [0.2, 0.25) is 0 Å². The predicted molar refractivity (Wildman–Crippen MR) is 105 cm³/mol. The molecule has 2 atom stereocenters. The van der Waals surface area contributed by atoms with Gasteiger partial charge in [0.25, 0.3) is 0 Å². The van der Waals surface area contributed by atoms with Gasteiger partial charge in [-0.3, -0.25) is 9.59 Å². The maximum Gasteiger partial charge on any atom is 0.243 e. The number of hydrogen-bond acceptors (Lipinski definition) is 4. The van der Waals surface area contributed by atoms with Crippen LogP contribution in [0.3, 0.4) is 0 Å². The Kier molecular flexibility index (Phi) is 6.16. The van der Waals surface area contributed by atoms with Gasteiger partial charge in [-0.2, -0.15) is 0 Å². The first-order chi connectivity index (χ1) is 12.8. The molecule has 2 aliphatic carbocycles. The van der Waals surface area contributed by atoms with Crippen molar-refractivity contribution in [3.8, 4) is 0 Å². The summed E-state index contributed by atoms with van der Waals surface area (Å²) in [5.41, 5.74) is 5.31. The molecule has 2 saturated carbocycles. The topological polar surface area (TPSA) is 75.9 Å². The normalized spacial score (nSPS) is 31.0. The Bertz CT molecular complexity index is 551. The molecule has 1 aliphatic heterocycles. The third kappa shape index (κ3) is 3.88. The Hall–Kier alpha value is -1.14. The van der Waals surface area contributed by atoms with Gasteiger partial charge in [0, 0.05) is 51.0 Å². The van der Waals surface area contributed by atoms with Gasteiger partial charge in [-0.25, -0.2) is 0 Å². The summed E-state index contributed by atoms with van der Waals surface area (Å²) < 4.78 is 5.74. The van der Waals surface area contributed by atoms with Gasteiger partial charge in [-0.05, 0) is 19.3 Å². The zero-order valence-corrected chi connectivity index (χ0v) is 17.3. The molecular formula is C21H37N3O3. The lowest BCUT2D eigenvalue weighted by Crippen LogP contribution is -2.76. The van der Waals surface area contributed by atoms with Crippen molar-refractivity contribution in [2.45, 2.75) is 77.4 Å². The smallest absolute Gasteiger partial charge is 0.243 e. The fourth-order valence-corrected chi connectivity index (χ4v) is 5.02. The van der Waals surface area contributed by atoms with E-state index in [1.165, 1.54) is 25.7 Å². The van der Waals surface area contributed by atoms with Crippen molar-refractivity contribution in [1.82, 2.24) is 9.80 Å². The van der Waals surface area contributed by atoms with E-state index in [0.717, 1.165) is 12.3 Å². The highest BCUT2D eigenvalue weighted by Gasteiger charge is 2.63. The zero-order chi connectivity index (χ0) is 19.7. The van der Waals surface area contributed by atoms with Crippen LogP contribution in [0.1, 0.15) is 65.7 Å². The van der Waals surface area contributed by atoms with E-state index in [1.807, 2.05) is 30.6 Å². The third-order valence-corrected chi connectivity index (χ3v) is 7.37. The minimum atomic E-state index is -0.860. The predicted octanol–water partition coefficient (Wildman–Crippen LogP) is 2.16. The Morgan fingerprint density at radius 3 is 2.22 bits per heavy atom. The van der Waals surface area contributed by atoms with E-state index >= 15 is 0 Å². The number of nitrogens with zero attached hydrogens (tertiary/aromatic N) is 2. The van der Waals surface area contributed by atoms with Crippen molar-refractivity contribution >= 4 is 11.8 Å². The molecule has 0 spiro atoms. The molecule has 3 fully saturated rings. The lowest BCUT2D eigenvalue weighted by Gasteiger charge is -2.59. The van der Waals surface area contributed by atoms with Crippen LogP contribution in [0.15, 0.2) is 0 Å². The molecule has 0 bridgehead atoms. The number of amides is 2. The fraction of sp³-hybridized carbons (Fsp3) is 0.905. The number of carbonyl (C=O) groups is 2. The first-order valence-corrected chi connectivity index (χ1v) is 10.8. The number of nitrogens with two attached hydrogens (primary N) is 1. The van der Waals surface area contributed by atoms with Crippen molar-refractivity contribution in [2.75, 3.05) is 32.8 Å². The second-order valence-corrected chi connectivity index (χ2v) is 9.20. The number of carbonyl (C=O) groups excluding carboxylic acids is 2. The molecule has 1 saturated heterocycles. The van der Waals surface area contributed by atoms with Crippen molar-refractivity contribution in [2.24, 2.45) is 17.1 Å². The third-order valence-electron chi connectivity index (χ3n) is 7.37. The Balaban J connectivity index is 1.47. The van der Waals surface area contributed by atoms with Gasteiger partial charge in [0.2, 0.25) is 11.8 Å². The van der Waals surface area contributed by atoms with Crippen LogP contribution in [0.4, 0.5) is 0 Å². The van der Waals surface area contributed by atoms with E-state index in [2.05, 4.69) is 0 Å². The van der Waals surface area contributed by atoms with Crippen molar-refractivity contribution in [3.63, 3.8) is 0 Å². The molecule has 0 aromatic carbocycles. The second-order valence-electron chi connectivity index (χ2n) is 9.20. The molecule has 154 valence electrons. The summed E-state index contributed by atoms with van der Waals surface area (Å²) in [7, 11) is 0. The van der Waals surface area contributed by atoms with Crippen LogP contribution in [0, 0.1) is 11.3 Å². The van der Waals surface area contributed by atoms with E-state index < -0.39 is 5.54 Å². The van der Waals surface area contributed by atoms with Crippen LogP contribution in [0.25, 0.3) is 0 Å². The minimum Gasteiger partial charge on any atom is -0.378 e. The van der Waals surface area contributed by atoms with Gasteiger partial charge in [0.15, 0.2) is 0 Å². The molecule has 6 nitrogen and oxygen atoms in total. The van der Waals surface area contributed by atoms with Gasteiger partial charge in [0.1, 0.15) is 5.54 Å². The van der Waals surface area contributed by atoms with Crippen LogP contribution < -0.4 is 5.73 Å². The molecule has 3 rings (SSSR count). The molecule has 27 heavy (non-hydrogen) atoms. The van der Waals surface area contributed by atoms with Gasteiger partial charge in [0.05, 0.1) is 6.10 Å². The summed E-state index contributed by atoms with van der Waals surface area (Å²) in [4.78, 5) is 29.4. The summed E-state index contributed by atoms with van der Waals surface area (Å²) in [6.07, 6.45) is 7.50. The van der Waals surface area contributed by atoms with Crippen LogP contribution in [-0.4, -0.2) is 66.0 Å². The number of hydrogen-bond donors (Lipinski definition) is 1. The molecule has 0 radical (unpaired) electrons. The van der Waals surface area contributed by atoms with E-state index in [0.29, 0.717) is 45.6 Å². The Morgan fingerprint density at radius 2 is 1.67 bits per heavy atom. The Labute approximate surface area is 163 Å². The highest BCUT2D eigenvalue weighted by molar-refractivity contribution is 5.89. The highest BCUT2D eigenvalue weighted by Crippen LogP contribution is 2.50. The summed E-state index contributed by atoms with van der Waals surface area (Å²) in [5.74, 6) is 1.01. The first-order valence-electron chi connectivity index (χ1n) is 10.8. The van der Waals surface area contributed by atoms with E-state index in [-0.39, 0.29) is 23.3 Å². The Morgan fingerprint density at radius 1 is 1.07 bits per heavy atom. The van der Waals surface area contributed by atoms with Crippen molar-refractivity contribution < 1.29 is 14.3 Å². The zero-order valence-electron chi connectivity index (χ0n) is 17.3. The maximum absolute atomic E-state index is 13.1. The highest BCUT2D eigenvalue weighted by atomic mass is 16.5. The van der Waals surface area contributed by atoms with Gasteiger partial charge in [-0.1, -0.05) is 39.5 Å². The van der Waals surface area contributed by atoms with Gasteiger partial charge < -0.3 is 20.3 Å². The number of rotatable bonds is 6. The molecule has 3 aliphatic rings. The fourth-order valence-electron chi connectivity index (χ4n) is 5.02. The maximum atomic E-state index is 13.1. The summed E-state index contributed by atoms with van der Waals surface area (Å²) in [6.45, 7) is 9.08. The lowest BCUT2D eigenvalue weighted by atomic mass is 9.54. The number of ether oxygens (including phenoxy) is 1. The second kappa shape index (κ2) is 8.08.